The van der Waals surface area contributed by atoms with Crippen LogP contribution in [0.2, 0.25) is 0 Å². The Bertz CT molecular complexity index is 514. The van der Waals surface area contributed by atoms with Crippen molar-refractivity contribution in [2.24, 2.45) is 10.3 Å². The molecule has 0 radical (unpaired) electrons. The fourth-order valence-electron chi connectivity index (χ4n) is 1.15. The van der Waals surface area contributed by atoms with Gasteiger partial charge in [0.05, 0.1) is 0 Å². The van der Waals surface area contributed by atoms with E-state index < -0.39 is 0 Å². The topological polar surface area (TPSA) is 63.9 Å². The summed E-state index contributed by atoms with van der Waals surface area (Å²) in [6.07, 6.45) is 3.46. The van der Waals surface area contributed by atoms with Gasteiger partial charge in [0.25, 0.3) is 0 Å². The monoisotopic (exact) mass is 284 g/mol. The van der Waals surface area contributed by atoms with Crippen molar-refractivity contribution >= 4 is 23.8 Å². The van der Waals surface area contributed by atoms with Crippen LogP contribution in [-0.4, -0.2) is 33.3 Å². The van der Waals surface area contributed by atoms with Gasteiger partial charge in [-0.2, -0.15) is 0 Å². The van der Waals surface area contributed by atoms with E-state index in [0.29, 0.717) is 16.3 Å². The van der Waals surface area contributed by atoms with Crippen LogP contribution in [-0.2, 0) is 9.68 Å². The van der Waals surface area contributed by atoms with E-state index in [9.17, 15) is 0 Å². The summed E-state index contributed by atoms with van der Waals surface area (Å²) in [7, 11) is 0. The summed E-state index contributed by atoms with van der Waals surface area (Å²) < 4.78 is 2.20. The molecule has 0 amide bonds. The van der Waals surface area contributed by atoms with E-state index in [1.165, 1.54) is 0 Å². The van der Waals surface area contributed by atoms with Crippen molar-refractivity contribution in [2.45, 2.75) is 46.8 Å². The first kappa shape index (κ1) is 15.4. The van der Waals surface area contributed by atoms with Gasteiger partial charge in [-0.05, 0) is 46.8 Å². The molecule has 106 valence electrons. The van der Waals surface area contributed by atoms with Gasteiger partial charge < -0.3 is 14.7 Å². The summed E-state index contributed by atoms with van der Waals surface area (Å²) in [5.41, 5.74) is 0.588. The van der Waals surface area contributed by atoms with Gasteiger partial charge in [-0.1, -0.05) is 10.3 Å². The fraction of sp³-hybridized carbons (Fsp3) is 0.583. The minimum atomic E-state index is -0.0260. The molecule has 0 fully saturated rings. The lowest BCUT2D eigenvalue weighted by Gasteiger charge is -2.09. The number of H-pyrrole nitrogens is 1. The zero-order valence-electron chi connectivity index (χ0n) is 11.9. The highest BCUT2D eigenvalue weighted by Crippen LogP contribution is 2.00. The Balaban J connectivity index is 3.07. The molecule has 1 aromatic heterocycles. The Hall–Kier alpha value is -1.63. The highest BCUT2D eigenvalue weighted by atomic mass is 32.1. The van der Waals surface area contributed by atoms with E-state index in [1.54, 1.807) is 23.9 Å². The van der Waals surface area contributed by atoms with Gasteiger partial charge in [0, 0.05) is 12.4 Å². The molecule has 7 heteroatoms. The molecule has 1 N–H and O–H groups in total. The first-order valence-corrected chi connectivity index (χ1v) is 6.53. The number of nitrogens with zero attached hydrogens (tertiary/aromatic N) is 3. The molecule has 19 heavy (non-hydrogen) atoms. The fourth-order valence-corrected chi connectivity index (χ4v) is 1.37. The molecule has 0 aliphatic rings. The average Bonchev–Trinajstić information content (AvgIpc) is 2.73. The highest BCUT2D eigenvalue weighted by molar-refractivity contribution is 7.71. The van der Waals surface area contributed by atoms with Crippen LogP contribution in [0.5, 0.6) is 0 Å². The molecular weight excluding hydrogens is 264 g/mol. The van der Waals surface area contributed by atoms with Crippen molar-refractivity contribution < 1.29 is 9.68 Å². The third-order valence-corrected chi connectivity index (χ3v) is 2.27. The summed E-state index contributed by atoms with van der Waals surface area (Å²) >= 11 is 5.17. The largest absolute Gasteiger partial charge is 0.393 e. The third kappa shape index (κ3) is 4.86. The van der Waals surface area contributed by atoms with Gasteiger partial charge in [0.1, 0.15) is 17.9 Å². The Morgan fingerprint density at radius 1 is 1.21 bits per heavy atom. The Morgan fingerprint density at radius 2 is 1.79 bits per heavy atom. The molecule has 0 aromatic carbocycles. The van der Waals surface area contributed by atoms with Crippen molar-refractivity contribution in [1.29, 1.82) is 0 Å². The Labute approximate surface area is 118 Å². The van der Waals surface area contributed by atoms with E-state index in [1.807, 2.05) is 27.7 Å². The SMILES string of the molecule is CC(=N/OC(C)C)/C(=N/OC(C)C)n1cc[nH]c1=S. The van der Waals surface area contributed by atoms with Crippen LogP contribution in [0.25, 0.3) is 0 Å². The van der Waals surface area contributed by atoms with Crippen LogP contribution in [0.4, 0.5) is 0 Å². The number of nitrogens with one attached hydrogen (secondary N) is 1. The standard InChI is InChI=1S/C12H20N4O2S/c1-8(2)17-14-10(5)11(15-18-9(3)4)16-7-6-13-12(16)19/h6-9H,1-5H3,(H,13,19)/b14-10-,15-11-. The summed E-state index contributed by atoms with van der Waals surface area (Å²) in [5, 5.41) is 8.11. The molecule has 0 atom stereocenters. The van der Waals surface area contributed by atoms with Crippen LogP contribution in [0.1, 0.15) is 34.6 Å². The summed E-state index contributed by atoms with van der Waals surface area (Å²) in [5.74, 6) is 0.501. The van der Waals surface area contributed by atoms with Crippen LogP contribution in [0.15, 0.2) is 22.7 Å². The minimum absolute atomic E-state index is 0.00131. The summed E-state index contributed by atoms with van der Waals surface area (Å²) in [6.45, 7) is 9.39. The highest BCUT2D eigenvalue weighted by Gasteiger charge is 2.11. The normalized spacial score (nSPS) is 13.2. The molecule has 0 spiro atoms. The predicted octanol–water partition coefficient (Wildman–Crippen LogP) is 2.93. The first-order valence-electron chi connectivity index (χ1n) is 6.12. The molecule has 0 aliphatic carbocycles. The van der Waals surface area contributed by atoms with Gasteiger partial charge in [-0.15, -0.1) is 0 Å². The lowest BCUT2D eigenvalue weighted by molar-refractivity contribution is 0.0825. The minimum Gasteiger partial charge on any atom is -0.393 e. The number of imidazole rings is 1. The molecule has 1 aromatic rings. The molecule has 0 aliphatic heterocycles. The zero-order valence-corrected chi connectivity index (χ0v) is 12.7. The molecule has 0 bridgehead atoms. The van der Waals surface area contributed by atoms with Gasteiger partial charge in [0.15, 0.2) is 4.77 Å². The van der Waals surface area contributed by atoms with Crippen LogP contribution < -0.4 is 0 Å². The average molecular weight is 284 g/mol. The summed E-state index contributed by atoms with van der Waals surface area (Å²) in [6, 6.07) is 0. The van der Waals surface area contributed by atoms with Crippen molar-refractivity contribution in [1.82, 2.24) is 9.55 Å². The van der Waals surface area contributed by atoms with E-state index >= 15 is 0 Å². The molecular formula is C12H20N4O2S. The predicted molar refractivity (Wildman–Crippen MR) is 78.0 cm³/mol. The van der Waals surface area contributed by atoms with Gasteiger partial charge in [-0.3, -0.25) is 4.57 Å². The Kier molecular flexibility index (Phi) is 5.75. The maximum absolute atomic E-state index is 5.28. The maximum atomic E-state index is 5.28. The van der Waals surface area contributed by atoms with E-state index in [4.69, 9.17) is 21.9 Å². The number of aromatic nitrogens is 2. The van der Waals surface area contributed by atoms with Gasteiger partial charge in [0.2, 0.25) is 5.84 Å². The second kappa shape index (κ2) is 7.08. The molecule has 0 saturated carbocycles. The quantitative estimate of drug-likeness (QED) is 0.391. The van der Waals surface area contributed by atoms with E-state index in [-0.39, 0.29) is 12.2 Å². The second-order valence-corrected chi connectivity index (χ2v) is 4.92. The van der Waals surface area contributed by atoms with Crippen LogP contribution >= 0.6 is 12.2 Å². The smallest absolute Gasteiger partial charge is 0.203 e. The van der Waals surface area contributed by atoms with Crippen molar-refractivity contribution in [2.75, 3.05) is 0 Å². The van der Waals surface area contributed by atoms with Crippen molar-refractivity contribution in [3.8, 4) is 0 Å². The first-order chi connectivity index (χ1) is 8.91. The number of hydrogen-bond acceptors (Lipinski definition) is 5. The Morgan fingerprint density at radius 3 is 2.26 bits per heavy atom. The summed E-state index contributed by atoms with van der Waals surface area (Å²) in [4.78, 5) is 13.4. The number of aromatic amines is 1. The molecule has 1 rings (SSSR count). The van der Waals surface area contributed by atoms with Crippen molar-refractivity contribution in [3.63, 3.8) is 0 Å². The molecule has 6 nitrogen and oxygen atoms in total. The van der Waals surface area contributed by atoms with Crippen LogP contribution in [0, 0.1) is 4.77 Å². The molecule has 0 saturated heterocycles. The van der Waals surface area contributed by atoms with E-state index in [2.05, 4.69) is 15.3 Å². The van der Waals surface area contributed by atoms with Crippen LogP contribution in [0.3, 0.4) is 0 Å². The lowest BCUT2D eigenvalue weighted by atomic mass is 10.4. The maximum Gasteiger partial charge on any atom is 0.203 e. The zero-order chi connectivity index (χ0) is 14.4. The molecule has 1 heterocycles. The van der Waals surface area contributed by atoms with Gasteiger partial charge >= 0.3 is 0 Å². The second-order valence-electron chi connectivity index (χ2n) is 4.54. The lowest BCUT2D eigenvalue weighted by Crippen LogP contribution is -2.22. The number of rotatable bonds is 5. The third-order valence-electron chi connectivity index (χ3n) is 1.95. The molecule has 0 unspecified atom stereocenters. The number of oxime groups is 2. The number of hydrogen-bond donors (Lipinski definition) is 1. The van der Waals surface area contributed by atoms with E-state index in [0.717, 1.165) is 0 Å². The van der Waals surface area contributed by atoms with Crippen molar-refractivity contribution in [3.05, 3.63) is 17.2 Å². The van der Waals surface area contributed by atoms with Gasteiger partial charge in [-0.25, -0.2) is 0 Å².